The molecule has 0 aliphatic carbocycles. The minimum atomic E-state index is -0.449. The Labute approximate surface area is 169 Å². The van der Waals surface area contributed by atoms with Crippen molar-refractivity contribution in [2.75, 3.05) is 5.32 Å². The Morgan fingerprint density at radius 2 is 2.22 bits per heavy atom. The van der Waals surface area contributed by atoms with Crippen LogP contribution in [0.4, 0.5) is 10.1 Å². The molecule has 3 N–H and O–H groups in total. The van der Waals surface area contributed by atoms with E-state index in [1.54, 1.807) is 29.4 Å². The number of nitrogens with one attached hydrogen (secondary N) is 1. The zero-order chi connectivity index (χ0) is 19.6. The Hall–Kier alpha value is -2.42. The molecule has 9 heteroatoms. The van der Waals surface area contributed by atoms with Crippen molar-refractivity contribution in [1.29, 1.82) is 0 Å². The van der Waals surface area contributed by atoms with Gasteiger partial charge in [-0.3, -0.25) is 0 Å². The van der Waals surface area contributed by atoms with E-state index < -0.39 is 5.82 Å². The molecule has 1 aliphatic rings. The highest BCUT2D eigenvalue weighted by Crippen LogP contribution is 2.37. The lowest BCUT2D eigenvalue weighted by molar-refractivity contribution is 0.483. The first-order valence-corrected chi connectivity index (χ1v) is 9.09. The summed E-state index contributed by atoms with van der Waals surface area (Å²) >= 11 is 9.77. The van der Waals surface area contributed by atoms with Gasteiger partial charge in [-0.1, -0.05) is 40.2 Å². The minimum Gasteiger partial charge on any atom is -0.419 e. The molecule has 1 aliphatic heterocycles. The van der Waals surface area contributed by atoms with Crippen molar-refractivity contribution in [3.63, 3.8) is 0 Å². The Kier molecular flexibility index (Phi) is 5.79. The minimum absolute atomic E-state index is 0.104. The molecule has 27 heavy (non-hydrogen) atoms. The zero-order valence-corrected chi connectivity index (χ0v) is 16.7. The van der Waals surface area contributed by atoms with Crippen molar-refractivity contribution < 1.29 is 8.81 Å². The van der Waals surface area contributed by atoms with Crippen LogP contribution < -0.4 is 11.1 Å². The summed E-state index contributed by atoms with van der Waals surface area (Å²) in [4.78, 5) is 1.72. The maximum atomic E-state index is 14.3. The summed E-state index contributed by atoms with van der Waals surface area (Å²) in [7, 11) is 0. The van der Waals surface area contributed by atoms with Gasteiger partial charge in [-0.15, -0.1) is 10.2 Å². The summed E-state index contributed by atoms with van der Waals surface area (Å²) in [6.07, 6.45) is 5.33. The van der Waals surface area contributed by atoms with Gasteiger partial charge in [0.05, 0.1) is 34.2 Å². The van der Waals surface area contributed by atoms with Crippen LogP contribution >= 0.6 is 27.5 Å². The smallest absolute Gasteiger partial charge is 0.251 e. The molecule has 0 bridgehead atoms. The van der Waals surface area contributed by atoms with Crippen LogP contribution in [0.15, 0.2) is 68.6 Å². The van der Waals surface area contributed by atoms with Gasteiger partial charge in [-0.05, 0) is 25.1 Å². The van der Waals surface area contributed by atoms with E-state index in [2.05, 4.69) is 38.0 Å². The van der Waals surface area contributed by atoms with Gasteiger partial charge >= 0.3 is 0 Å². The second-order valence-electron chi connectivity index (χ2n) is 5.52. The Balaban J connectivity index is 2.09. The van der Waals surface area contributed by atoms with Crippen LogP contribution in [0.3, 0.4) is 0 Å². The molecule has 0 saturated heterocycles. The van der Waals surface area contributed by atoms with Gasteiger partial charge in [0.2, 0.25) is 5.89 Å². The summed E-state index contributed by atoms with van der Waals surface area (Å²) in [6.45, 7) is 5.95. The monoisotopic (exact) mass is 451 g/mol. The third kappa shape index (κ3) is 3.97. The molecule has 2 aromatic rings. The Bertz CT molecular complexity index is 982. The fourth-order valence-corrected chi connectivity index (χ4v) is 2.99. The molecule has 140 valence electrons. The quantitative estimate of drug-likeness (QED) is 0.685. The van der Waals surface area contributed by atoms with Gasteiger partial charge in [-0.2, -0.15) is 0 Å². The molecule has 1 aromatic carbocycles. The standard InChI is InChI=1S/C18H16BrClFN5O/c1-3-6-26-9-12(18-25-24-15(8-22)27-18)17(16(20)10(26)2)23-14-5-4-11(19)7-13(14)21/h3-7,9,23H,2,8,22H2,1H3/b6-3-. The van der Waals surface area contributed by atoms with Crippen molar-refractivity contribution in [2.45, 2.75) is 13.5 Å². The Morgan fingerprint density at radius 3 is 2.85 bits per heavy atom. The number of benzene rings is 1. The van der Waals surface area contributed by atoms with E-state index in [-0.39, 0.29) is 24.0 Å². The van der Waals surface area contributed by atoms with Gasteiger partial charge in [-0.25, -0.2) is 4.39 Å². The number of hydrogen-bond donors (Lipinski definition) is 2. The molecular formula is C18H16BrClFN5O. The second kappa shape index (κ2) is 8.08. The lowest BCUT2D eigenvalue weighted by Crippen LogP contribution is -2.19. The highest BCUT2D eigenvalue weighted by molar-refractivity contribution is 9.10. The van der Waals surface area contributed by atoms with E-state index in [0.29, 0.717) is 26.5 Å². The van der Waals surface area contributed by atoms with Gasteiger partial charge in [0, 0.05) is 16.9 Å². The van der Waals surface area contributed by atoms with Gasteiger partial charge < -0.3 is 20.4 Å². The van der Waals surface area contributed by atoms with Crippen molar-refractivity contribution >= 4 is 38.8 Å². The van der Waals surface area contributed by atoms with E-state index in [9.17, 15) is 4.39 Å². The van der Waals surface area contributed by atoms with Crippen molar-refractivity contribution in [3.8, 4) is 0 Å². The number of nitrogens with two attached hydrogens (primary N) is 1. The molecule has 0 fully saturated rings. The predicted octanol–water partition coefficient (Wildman–Crippen LogP) is 4.70. The highest BCUT2D eigenvalue weighted by Gasteiger charge is 2.27. The van der Waals surface area contributed by atoms with E-state index in [1.807, 2.05) is 13.0 Å². The first-order chi connectivity index (χ1) is 12.9. The lowest BCUT2D eigenvalue weighted by Gasteiger charge is -2.27. The van der Waals surface area contributed by atoms with Gasteiger partial charge in [0.15, 0.2) is 0 Å². The number of nitrogens with zero attached hydrogens (tertiary/aromatic N) is 3. The van der Waals surface area contributed by atoms with E-state index in [1.165, 1.54) is 6.07 Å². The molecule has 3 rings (SSSR count). The Morgan fingerprint density at radius 1 is 1.44 bits per heavy atom. The summed E-state index contributed by atoms with van der Waals surface area (Å²) in [5.41, 5.74) is 7.19. The van der Waals surface area contributed by atoms with E-state index in [0.717, 1.165) is 0 Å². The molecule has 0 radical (unpaired) electrons. The number of allylic oxidation sites excluding steroid dienone is 3. The number of halogens is 3. The van der Waals surface area contributed by atoms with Crippen LogP contribution in [0.5, 0.6) is 0 Å². The maximum Gasteiger partial charge on any atom is 0.251 e. The molecule has 0 spiro atoms. The van der Waals surface area contributed by atoms with E-state index in [4.69, 9.17) is 21.8 Å². The van der Waals surface area contributed by atoms with Crippen LogP contribution in [0.1, 0.15) is 18.7 Å². The van der Waals surface area contributed by atoms with Crippen molar-refractivity contribution in [3.05, 3.63) is 81.8 Å². The third-order valence-electron chi connectivity index (χ3n) is 3.69. The first-order valence-electron chi connectivity index (χ1n) is 7.92. The molecule has 0 amide bonds. The number of aromatic nitrogens is 2. The molecule has 2 heterocycles. The number of hydrogen-bond acceptors (Lipinski definition) is 6. The fraction of sp³-hybridized carbons (Fsp3) is 0.111. The van der Waals surface area contributed by atoms with Crippen LogP contribution in [0.25, 0.3) is 5.57 Å². The molecule has 0 saturated carbocycles. The van der Waals surface area contributed by atoms with E-state index >= 15 is 0 Å². The molecule has 1 aromatic heterocycles. The average Bonchev–Trinajstić information content (AvgIpc) is 3.12. The molecule has 6 nitrogen and oxygen atoms in total. The first kappa shape index (κ1) is 19.3. The largest absolute Gasteiger partial charge is 0.419 e. The van der Waals surface area contributed by atoms with Crippen molar-refractivity contribution in [1.82, 2.24) is 15.1 Å². The molecule has 0 unspecified atom stereocenters. The SMILES string of the molecule is C=C1C(Cl)=C(Nc2ccc(Br)cc2F)C(c2nnc(CN)o2)=CN1/C=C\C. The zero-order valence-electron chi connectivity index (χ0n) is 14.3. The summed E-state index contributed by atoms with van der Waals surface area (Å²) < 4.78 is 20.5. The van der Waals surface area contributed by atoms with Crippen LogP contribution in [0.2, 0.25) is 0 Å². The number of anilines is 1. The third-order valence-corrected chi connectivity index (χ3v) is 4.59. The topological polar surface area (TPSA) is 80.2 Å². The maximum absolute atomic E-state index is 14.3. The molecular weight excluding hydrogens is 437 g/mol. The number of rotatable bonds is 5. The summed E-state index contributed by atoms with van der Waals surface area (Å²) in [5, 5.41) is 11.2. The van der Waals surface area contributed by atoms with Crippen LogP contribution in [0, 0.1) is 5.82 Å². The van der Waals surface area contributed by atoms with Gasteiger partial charge in [0.1, 0.15) is 5.82 Å². The molecule has 0 atom stereocenters. The van der Waals surface area contributed by atoms with Gasteiger partial charge in [0.25, 0.3) is 5.89 Å². The van der Waals surface area contributed by atoms with Crippen LogP contribution in [-0.2, 0) is 6.54 Å². The summed E-state index contributed by atoms with van der Waals surface area (Å²) in [5.74, 6) is 0.0316. The second-order valence-corrected chi connectivity index (χ2v) is 6.82. The average molecular weight is 453 g/mol. The normalized spacial score (nSPS) is 14.9. The fourth-order valence-electron chi connectivity index (χ4n) is 2.41. The highest BCUT2D eigenvalue weighted by atomic mass is 79.9. The van der Waals surface area contributed by atoms with Crippen molar-refractivity contribution in [2.24, 2.45) is 5.73 Å². The predicted molar refractivity (Wildman–Crippen MR) is 107 cm³/mol. The summed E-state index contributed by atoms with van der Waals surface area (Å²) in [6, 6.07) is 4.66. The lowest BCUT2D eigenvalue weighted by atomic mass is 10.1. The van der Waals surface area contributed by atoms with Crippen LogP contribution in [-0.4, -0.2) is 15.1 Å².